The molecular formula is C17H23FN2S. The number of hydrogen-bond acceptors (Lipinski definition) is 3. The number of thiophene rings is 1. The predicted molar refractivity (Wildman–Crippen MR) is 89.4 cm³/mol. The van der Waals surface area contributed by atoms with E-state index in [1.165, 1.54) is 21.9 Å². The van der Waals surface area contributed by atoms with Crippen molar-refractivity contribution in [1.82, 2.24) is 5.32 Å². The first-order chi connectivity index (χ1) is 9.83. The topological polar surface area (TPSA) is 15.3 Å². The monoisotopic (exact) mass is 306 g/mol. The van der Waals surface area contributed by atoms with Crippen LogP contribution in [0.2, 0.25) is 0 Å². The molecule has 0 bridgehead atoms. The molecule has 114 valence electrons. The van der Waals surface area contributed by atoms with Gasteiger partial charge in [-0.1, -0.05) is 0 Å². The largest absolute Gasteiger partial charge is 0.369 e. The van der Waals surface area contributed by atoms with Crippen LogP contribution in [0.4, 0.5) is 10.1 Å². The predicted octanol–water partition coefficient (Wildman–Crippen LogP) is 4.41. The zero-order valence-corrected chi connectivity index (χ0v) is 13.9. The lowest BCUT2D eigenvalue weighted by Crippen LogP contribution is -2.34. The van der Waals surface area contributed by atoms with E-state index in [2.05, 4.69) is 43.1 Å². The first-order valence-corrected chi connectivity index (χ1v) is 7.94. The van der Waals surface area contributed by atoms with Crippen LogP contribution < -0.4 is 10.2 Å². The summed E-state index contributed by atoms with van der Waals surface area (Å²) in [4.78, 5) is 4.78. The van der Waals surface area contributed by atoms with Gasteiger partial charge in [-0.05, 0) is 57.2 Å². The summed E-state index contributed by atoms with van der Waals surface area (Å²) in [6, 6.07) is 11.0. The first kappa shape index (κ1) is 16.0. The van der Waals surface area contributed by atoms with Gasteiger partial charge in [-0.25, -0.2) is 4.39 Å². The molecule has 0 atom stereocenters. The van der Waals surface area contributed by atoms with Crippen LogP contribution in [0.25, 0.3) is 0 Å². The Labute approximate surface area is 130 Å². The molecule has 1 heterocycles. The summed E-state index contributed by atoms with van der Waals surface area (Å²) in [5.74, 6) is -0.196. The fourth-order valence-electron chi connectivity index (χ4n) is 1.98. The Balaban J connectivity index is 1.94. The molecule has 0 saturated heterocycles. The van der Waals surface area contributed by atoms with Crippen LogP contribution in [0.3, 0.4) is 0 Å². The SMILES string of the molecule is CN(Cc1ccc(CNC(C)(C)C)s1)c1ccc(F)cc1. The minimum atomic E-state index is -0.196. The second kappa shape index (κ2) is 6.58. The lowest BCUT2D eigenvalue weighted by molar-refractivity contribution is 0.426. The van der Waals surface area contributed by atoms with Gasteiger partial charge in [0.25, 0.3) is 0 Å². The molecule has 0 radical (unpaired) electrons. The van der Waals surface area contributed by atoms with Gasteiger partial charge in [0.15, 0.2) is 0 Å². The van der Waals surface area contributed by atoms with Crippen LogP contribution in [0.5, 0.6) is 0 Å². The second-order valence-corrected chi connectivity index (χ2v) is 7.56. The van der Waals surface area contributed by atoms with Gasteiger partial charge >= 0.3 is 0 Å². The number of benzene rings is 1. The number of halogens is 1. The van der Waals surface area contributed by atoms with E-state index in [9.17, 15) is 4.39 Å². The summed E-state index contributed by atoms with van der Waals surface area (Å²) in [7, 11) is 2.03. The normalized spacial score (nSPS) is 11.7. The summed E-state index contributed by atoms with van der Waals surface area (Å²) in [6.07, 6.45) is 0. The van der Waals surface area contributed by atoms with Gasteiger partial charge in [0.05, 0.1) is 6.54 Å². The number of hydrogen-bond donors (Lipinski definition) is 1. The lowest BCUT2D eigenvalue weighted by atomic mass is 10.1. The highest BCUT2D eigenvalue weighted by molar-refractivity contribution is 7.12. The molecule has 0 aliphatic carbocycles. The minimum absolute atomic E-state index is 0.134. The molecule has 1 aromatic carbocycles. The van der Waals surface area contributed by atoms with E-state index in [1.807, 2.05) is 30.5 Å². The van der Waals surface area contributed by atoms with Crippen LogP contribution in [-0.4, -0.2) is 12.6 Å². The highest BCUT2D eigenvalue weighted by atomic mass is 32.1. The van der Waals surface area contributed by atoms with Crippen molar-refractivity contribution in [2.75, 3.05) is 11.9 Å². The second-order valence-electron chi connectivity index (χ2n) is 6.30. The van der Waals surface area contributed by atoms with Crippen LogP contribution >= 0.6 is 11.3 Å². The number of nitrogens with zero attached hydrogens (tertiary/aromatic N) is 1. The molecule has 2 aromatic rings. The third kappa shape index (κ3) is 5.14. The molecule has 0 spiro atoms. The van der Waals surface area contributed by atoms with Gasteiger partial charge in [-0.2, -0.15) is 0 Å². The van der Waals surface area contributed by atoms with E-state index in [4.69, 9.17) is 0 Å². The van der Waals surface area contributed by atoms with Crippen LogP contribution in [-0.2, 0) is 13.1 Å². The number of rotatable bonds is 5. The Bertz CT molecular complexity index is 569. The number of nitrogens with one attached hydrogen (secondary N) is 1. The highest BCUT2D eigenvalue weighted by Gasteiger charge is 2.10. The van der Waals surface area contributed by atoms with Gasteiger partial charge in [0.1, 0.15) is 5.82 Å². The average Bonchev–Trinajstić information content (AvgIpc) is 2.84. The van der Waals surface area contributed by atoms with E-state index in [-0.39, 0.29) is 11.4 Å². The third-order valence-corrected chi connectivity index (χ3v) is 4.24. The van der Waals surface area contributed by atoms with Gasteiger partial charge in [-0.15, -0.1) is 11.3 Å². The lowest BCUT2D eigenvalue weighted by Gasteiger charge is -2.20. The maximum atomic E-state index is 12.9. The van der Waals surface area contributed by atoms with Crippen molar-refractivity contribution in [3.8, 4) is 0 Å². The summed E-state index contributed by atoms with van der Waals surface area (Å²) in [5, 5.41) is 3.50. The Kier molecular flexibility index (Phi) is 5.01. The zero-order valence-electron chi connectivity index (χ0n) is 13.1. The van der Waals surface area contributed by atoms with E-state index >= 15 is 0 Å². The van der Waals surface area contributed by atoms with Crippen LogP contribution in [0.15, 0.2) is 36.4 Å². The fourth-order valence-corrected chi connectivity index (χ4v) is 2.99. The Morgan fingerprint density at radius 2 is 1.67 bits per heavy atom. The van der Waals surface area contributed by atoms with Crippen molar-refractivity contribution in [2.45, 2.75) is 39.4 Å². The van der Waals surface area contributed by atoms with E-state index in [0.717, 1.165) is 18.8 Å². The highest BCUT2D eigenvalue weighted by Crippen LogP contribution is 2.22. The van der Waals surface area contributed by atoms with Gasteiger partial charge in [0, 0.05) is 34.6 Å². The fraction of sp³-hybridized carbons (Fsp3) is 0.412. The minimum Gasteiger partial charge on any atom is -0.369 e. The van der Waals surface area contributed by atoms with E-state index < -0.39 is 0 Å². The van der Waals surface area contributed by atoms with Gasteiger partial charge in [-0.3, -0.25) is 0 Å². The standard InChI is InChI=1S/C17H23FN2S/c1-17(2,3)19-11-15-9-10-16(21-15)12-20(4)14-7-5-13(18)6-8-14/h5-10,19H,11-12H2,1-4H3. The summed E-state index contributed by atoms with van der Waals surface area (Å²) in [5.41, 5.74) is 1.16. The van der Waals surface area contributed by atoms with Crippen molar-refractivity contribution >= 4 is 17.0 Å². The van der Waals surface area contributed by atoms with Crippen LogP contribution in [0.1, 0.15) is 30.5 Å². The molecule has 21 heavy (non-hydrogen) atoms. The van der Waals surface area contributed by atoms with Crippen molar-refractivity contribution in [3.63, 3.8) is 0 Å². The zero-order chi connectivity index (χ0) is 15.5. The van der Waals surface area contributed by atoms with Crippen molar-refractivity contribution < 1.29 is 4.39 Å². The van der Waals surface area contributed by atoms with Crippen LogP contribution in [0, 0.1) is 5.82 Å². The molecular weight excluding hydrogens is 283 g/mol. The van der Waals surface area contributed by atoms with Crippen molar-refractivity contribution in [2.24, 2.45) is 0 Å². The van der Waals surface area contributed by atoms with Crippen molar-refractivity contribution in [3.05, 3.63) is 52.0 Å². The molecule has 0 unspecified atom stereocenters. The maximum absolute atomic E-state index is 12.9. The van der Waals surface area contributed by atoms with E-state index in [1.54, 1.807) is 0 Å². The summed E-state index contributed by atoms with van der Waals surface area (Å²) in [6.45, 7) is 8.25. The smallest absolute Gasteiger partial charge is 0.123 e. The Morgan fingerprint density at radius 3 is 2.29 bits per heavy atom. The maximum Gasteiger partial charge on any atom is 0.123 e. The molecule has 0 amide bonds. The molecule has 1 N–H and O–H groups in total. The number of anilines is 1. The summed E-state index contributed by atoms with van der Waals surface area (Å²) < 4.78 is 12.9. The van der Waals surface area contributed by atoms with Crippen molar-refractivity contribution in [1.29, 1.82) is 0 Å². The van der Waals surface area contributed by atoms with E-state index in [0.29, 0.717) is 0 Å². The summed E-state index contributed by atoms with van der Waals surface area (Å²) >= 11 is 1.82. The molecule has 2 nitrogen and oxygen atoms in total. The molecule has 0 aliphatic rings. The van der Waals surface area contributed by atoms with Gasteiger partial charge < -0.3 is 10.2 Å². The Morgan fingerprint density at radius 1 is 1.05 bits per heavy atom. The van der Waals surface area contributed by atoms with Gasteiger partial charge in [0.2, 0.25) is 0 Å². The quantitative estimate of drug-likeness (QED) is 0.880. The molecule has 2 rings (SSSR count). The molecule has 4 heteroatoms. The molecule has 0 saturated carbocycles. The Hall–Kier alpha value is -1.39. The molecule has 1 aromatic heterocycles. The first-order valence-electron chi connectivity index (χ1n) is 7.13. The molecule has 0 aliphatic heterocycles. The average molecular weight is 306 g/mol. The third-order valence-electron chi connectivity index (χ3n) is 3.17. The molecule has 0 fully saturated rings.